The van der Waals surface area contributed by atoms with Gasteiger partial charge in [-0.1, -0.05) is 29.8 Å². The van der Waals surface area contributed by atoms with Gasteiger partial charge in [0.25, 0.3) is 0 Å². The molecular weight excluding hydrogens is 320 g/mol. The Labute approximate surface area is 136 Å². The van der Waals surface area contributed by atoms with Crippen LogP contribution in [0.1, 0.15) is 0 Å². The third kappa shape index (κ3) is 2.77. The summed E-state index contributed by atoms with van der Waals surface area (Å²) in [6.45, 7) is 0.0438. The molecule has 0 bridgehead atoms. The van der Waals surface area contributed by atoms with Crippen LogP contribution in [0.3, 0.4) is 0 Å². The predicted molar refractivity (Wildman–Crippen MR) is 90.6 cm³/mol. The molecule has 22 heavy (non-hydrogen) atoms. The van der Waals surface area contributed by atoms with E-state index in [1.165, 1.54) is 7.11 Å². The Morgan fingerprint density at radius 2 is 2.23 bits per heavy atom. The SMILES string of the molecule is COC(=O)CNc1ncc(-c2cccs2)c2cccc(Cl)c12. The molecule has 2 heterocycles. The Balaban J connectivity index is 2.12. The quantitative estimate of drug-likeness (QED) is 0.727. The van der Waals surface area contributed by atoms with Gasteiger partial charge in [0.05, 0.1) is 12.1 Å². The number of carbonyl (C=O) groups excluding carboxylic acids is 1. The molecule has 112 valence electrons. The lowest BCUT2D eigenvalue weighted by atomic mass is 10.1. The minimum absolute atomic E-state index is 0.0438. The van der Waals surface area contributed by atoms with Crippen molar-refractivity contribution in [3.63, 3.8) is 0 Å². The van der Waals surface area contributed by atoms with Crippen LogP contribution in [-0.4, -0.2) is 24.6 Å². The zero-order valence-corrected chi connectivity index (χ0v) is 13.4. The van der Waals surface area contributed by atoms with Crippen molar-refractivity contribution in [1.29, 1.82) is 0 Å². The zero-order valence-electron chi connectivity index (χ0n) is 11.8. The van der Waals surface area contributed by atoms with Crippen LogP contribution in [0, 0.1) is 0 Å². The number of ether oxygens (including phenoxy) is 1. The lowest BCUT2D eigenvalue weighted by Gasteiger charge is -2.12. The number of benzene rings is 1. The predicted octanol–water partition coefficient (Wildman–Crippen LogP) is 4.20. The van der Waals surface area contributed by atoms with E-state index in [9.17, 15) is 4.79 Å². The molecule has 0 spiro atoms. The summed E-state index contributed by atoms with van der Waals surface area (Å²) in [5, 5.41) is 7.40. The topological polar surface area (TPSA) is 51.2 Å². The summed E-state index contributed by atoms with van der Waals surface area (Å²) in [6.07, 6.45) is 1.80. The maximum Gasteiger partial charge on any atom is 0.325 e. The number of methoxy groups -OCH3 is 1. The van der Waals surface area contributed by atoms with Crippen molar-refractivity contribution in [2.75, 3.05) is 19.0 Å². The molecule has 0 aliphatic rings. The molecule has 2 aromatic heterocycles. The summed E-state index contributed by atoms with van der Waals surface area (Å²) in [7, 11) is 1.35. The number of nitrogens with zero attached hydrogens (tertiary/aromatic N) is 1. The highest BCUT2D eigenvalue weighted by molar-refractivity contribution is 7.13. The third-order valence-corrected chi connectivity index (χ3v) is 4.50. The van der Waals surface area contributed by atoms with Crippen LogP contribution >= 0.6 is 22.9 Å². The number of carbonyl (C=O) groups is 1. The summed E-state index contributed by atoms with van der Waals surface area (Å²) < 4.78 is 4.64. The maximum atomic E-state index is 11.3. The van der Waals surface area contributed by atoms with Gasteiger partial charge in [-0.05, 0) is 22.9 Å². The fraction of sp³-hybridized carbons (Fsp3) is 0.125. The number of halogens is 1. The largest absolute Gasteiger partial charge is 0.468 e. The van der Waals surface area contributed by atoms with E-state index in [-0.39, 0.29) is 12.5 Å². The first-order chi connectivity index (χ1) is 10.7. The Morgan fingerprint density at radius 3 is 2.95 bits per heavy atom. The van der Waals surface area contributed by atoms with E-state index in [1.54, 1.807) is 17.5 Å². The van der Waals surface area contributed by atoms with Crippen LogP contribution in [0.15, 0.2) is 41.9 Å². The van der Waals surface area contributed by atoms with Crippen molar-refractivity contribution in [2.45, 2.75) is 0 Å². The molecule has 0 amide bonds. The number of hydrogen-bond donors (Lipinski definition) is 1. The van der Waals surface area contributed by atoms with Gasteiger partial charge in [-0.2, -0.15) is 0 Å². The lowest BCUT2D eigenvalue weighted by Crippen LogP contribution is -2.16. The zero-order chi connectivity index (χ0) is 15.5. The van der Waals surface area contributed by atoms with Crippen molar-refractivity contribution in [2.24, 2.45) is 0 Å². The van der Waals surface area contributed by atoms with E-state index in [1.807, 2.05) is 35.7 Å². The number of hydrogen-bond acceptors (Lipinski definition) is 5. The summed E-state index contributed by atoms with van der Waals surface area (Å²) >= 11 is 8.00. The number of fused-ring (bicyclic) bond motifs is 1. The second-order valence-electron chi connectivity index (χ2n) is 4.59. The van der Waals surface area contributed by atoms with Crippen LogP contribution in [0.4, 0.5) is 5.82 Å². The van der Waals surface area contributed by atoms with Gasteiger partial charge in [0, 0.05) is 22.0 Å². The molecule has 3 rings (SSSR count). The molecule has 0 atom stereocenters. The number of rotatable bonds is 4. The second kappa shape index (κ2) is 6.34. The van der Waals surface area contributed by atoms with E-state index in [0.29, 0.717) is 10.8 Å². The van der Waals surface area contributed by atoms with E-state index in [2.05, 4.69) is 15.0 Å². The minimum Gasteiger partial charge on any atom is -0.468 e. The molecule has 0 aliphatic carbocycles. The van der Waals surface area contributed by atoms with Crippen molar-refractivity contribution in [3.8, 4) is 10.4 Å². The number of thiophene rings is 1. The first-order valence-electron chi connectivity index (χ1n) is 6.62. The molecule has 0 unspecified atom stereocenters. The normalized spacial score (nSPS) is 10.6. The van der Waals surface area contributed by atoms with E-state index in [4.69, 9.17) is 11.6 Å². The van der Waals surface area contributed by atoms with E-state index < -0.39 is 0 Å². The number of nitrogens with one attached hydrogen (secondary N) is 1. The first kappa shape index (κ1) is 14.8. The highest BCUT2D eigenvalue weighted by Gasteiger charge is 2.13. The molecule has 4 nitrogen and oxygen atoms in total. The maximum absolute atomic E-state index is 11.3. The van der Waals surface area contributed by atoms with Crippen LogP contribution < -0.4 is 5.32 Å². The fourth-order valence-electron chi connectivity index (χ4n) is 2.24. The van der Waals surface area contributed by atoms with Gasteiger partial charge < -0.3 is 10.1 Å². The summed E-state index contributed by atoms with van der Waals surface area (Å²) in [6, 6.07) is 9.77. The smallest absolute Gasteiger partial charge is 0.325 e. The average Bonchev–Trinajstić information content (AvgIpc) is 3.06. The molecule has 6 heteroatoms. The molecule has 0 radical (unpaired) electrons. The van der Waals surface area contributed by atoms with Gasteiger partial charge in [0.15, 0.2) is 0 Å². The van der Waals surface area contributed by atoms with Crippen LogP contribution in [0.2, 0.25) is 5.02 Å². The van der Waals surface area contributed by atoms with Crippen LogP contribution in [0.5, 0.6) is 0 Å². The summed E-state index contributed by atoms with van der Waals surface area (Å²) in [5.74, 6) is 0.218. The lowest BCUT2D eigenvalue weighted by molar-refractivity contribution is -0.138. The van der Waals surface area contributed by atoms with Crippen molar-refractivity contribution >= 4 is 45.5 Å². The summed E-state index contributed by atoms with van der Waals surface area (Å²) in [5.41, 5.74) is 1.02. The monoisotopic (exact) mass is 332 g/mol. The van der Waals surface area contributed by atoms with Gasteiger partial charge in [0.2, 0.25) is 0 Å². The van der Waals surface area contributed by atoms with Crippen molar-refractivity contribution < 1.29 is 9.53 Å². The Bertz CT molecular complexity index is 818. The van der Waals surface area contributed by atoms with Gasteiger partial charge in [-0.15, -0.1) is 11.3 Å². The van der Waals surface area contributed by atoms with Gasteiger partial charge in [-0.25, -0.2) is 4.98 Å². The molecule has 0 saturated heterocycles. The standard InChI is InChI=1S/C16H13ClN2O2S/c1-21-14(20)9-19-16-15-10(4-2-5-12(15)17)11(8-18-16)13-6-3-7-22-13/h2-8H,9H2,1H3,(H,18,19). The second-order valence-corrected chi connectivity index (χ2v) is 5.94. The highest BCUT2D eigenvalue weighted by Crippen LogP contribution is 2.37. The Hall–Kier alpha value is -2.11. The van der Waals surface area contributed by atoms with Gasteiger partial charge >= 0.3 is 5.97 Å². The van der Waals surface area contributed by atoms with Gasteiger partial charge in [-0.3, -0.25) is 4.79 Å². The number of anilines is 1. The molecule has 0 saturated carbocycles. The number of aromatic nitrogens is 1. The van der Waals surface area contributed by atoms with E-state index >= 15 is 0 Å². The molecule has 0 fully saturated rings. The third-order valence-electron chi connectivity index (χ3n) is 3.28. The van der Waals surface area contributed by atoms with Crippen LogP contribution in [0.25, 0.3) is 21.2 Å². The minimum atomic E-state index is -0.357. The van der Waals surface area contributed by atoms with Gasteiger partial charge in [0.1, 0.15) is 12.4 Å². The van der Waals surface area contributed by atoms with Crippen molar-refractivity contribution in [3.05, 3.63) is 46.9 Å². The molecule has 3 aromatic rings. The number of pyridine rings is 1. The highest BCUT2D eigenvalue weighted by atomic mass is 35.5. The average molecular weight is 333 g/mol. The van der Waals surface area contributed by atoms with E-state index in [0.717, 1.165) is 21.2 Å². The Kier molecular flexibility index (Phi) is 4.27. The summed E-state index contributed by atoms with van der Waals surface area (Å²) in [4.78, 5) is 16.9. The Morgan fingerprint density at radius 1 is 1.36 bits per heavy atom. The molecule has 1 aromatic carbocycles. The molecule has 1 N–H and O–H groups in total. The fourth-order valence-corrected chi connectivity index (χ4v) is 3.26. The van der Waals surface area contributed by atoms with Crippen molar-refractivity contribution in [1.82, 2.24) is 4.98 Å². The number of esters is 1. The molecular formula is C16H13ClN2O2S. The first-order valence-corrected chi connectivity index (χ1v) is 7.88. The molecule has 0 aliphatic heterocycles. The van der Waals surface area contributed by atoms with Crippen LogP contribution in [-0.2, 0) is 9.53 Å².